The van der Waals surface area contributed by atoms with Gasteiger partial charge >= 0.3 is 11.9 Å². The minimum absolute atomic E-state index is 0.406. The summed E-state index contributed by atoms with van der Waals surface area (Å²) in [6.07, 6.45) is 0.674. The molecule has 1 aromatic carbocycles. The molecule has 0 aromatic heterocycles. The van der Waals surface area contributed by atoms with Crippen LogP contribution in [0.4, 0.5) is 0 Å². The quantitative estimate of drug-likeness (QED) is 0.733. The van der Waals surface area contributed by atoms with Gasteiger partial charge in [-0.3, -0.25) is 9.59 Å². The SMILES string of the molecule is CCCOc1ccc(CC2OCC(C(=O)O)(C(=O)O)CO2)cc1. The van der Waals surface area contributed by atoms with Gasteiger partial charge in [-0.15, -0.1) is 0 Å². The molecule has 0 bridgehead atoms. The second kappa shape index (κ2) is 7.43. The molecule has 2 N–H and O–H groups in total. The van der Waals surface area contributed by atoms with Gasteiger partial charge in [0, 0.05) is 6.42 Å². The van der Waals surface area contributed by atoms with Gasteiger partial charge < -0.3 is 24.4 Å². The Labute approximate surface area is 133 Å². The fourth-order valence-corrected chi connectivity index (χ4v) is 2.15. The molecule has 7 heteroatoms. The predicted octanol–water partition coefficient (Wildman–Crippen LogP) is 1.55. The van der Waals surface area contributed by atoms with Crippen LogP contribution in [-0.4, -0.2) is 48.3 Å². The van der Waals surface area contributed by atoms with Crippen molar-refractivity contribution in [1.82, 2.24) is 0 Å². The normalized spacial score (nSPS) is 17.6. The highest BCUT2D eigenvalue weighted by Gasteiger charge is 2.51. The lowest BCUT2D eigenvalue weighted by Gasteiger charge is -2.33. The van der Waals surface area contributed by atoms with Crippen LogP contribution in [0, 0.1) is 5.41 Å². The van der Waals surface area contributed by atoms with E-state index in [0.29, 0.717) is 13.0 Å². The van der Waals surface area contributed by atoms with Gasteiger partial charge in [0.1, 0.15) is 5.75 Å². The molecule has 0 atom stereocenters. The molecule has 0 aliphatic carbocycles. The lowest BCUT2D eigenvalue weighted by atomic mass is 9.89. The summed E-state index contributed by atoms with van der Waals surface area (Å²) in [6, 6.07) is 7.42. The van der Waals surface area contributed by atoms with Crippen molar-refractivity contribution in [3.63, 3.8) is 0 Å². The van der Waals surface area contributed by atoms with Crippen molar-refractivity contribution in [1.29, 1.82) is 0 Å². The first kappa shape index (κ1) is 17.2. The van der Waals surface area contributed by atoms with E-state index >= 15 is 0 Å². The molecule has 0 radical (unpaired) electrons. The van der Waals surface area contributed by atoms with Gasteiger partial charge in [0.2, 0.25) is 5.41 Å². The van der Waals surface area contributed by atoms with Gasteiger partial charge in [-0.2, -0.15) is 0 Å². The Balaban J connectivity index is 1.91. The first-order valence-electron chi connectivity index (χ1n) is 7.39. The fourth-order valence-electron chi connectivity index (χ4n) is 2.15. The first-order chi connectivity index (χ1) is 11.0. The minimum Gasteiger partial charge on any atom is -0.494 e. The van der Waals surface area contributed by atoms with Crippen molar-refractivity contribution in [2.75, 3.05) is 19.8 Å². The third kappa shape index (κ3) is 4.00. The van der Waals surface area contributed by atoms with Gasteiger partial charge in [-0.05, 0) is 24.1 Å². The van der Waals surface area contributed by atoms with E-state index in [9.17, 15) is 9.59 Å². The van der Waals surface area contributed by atoms with Gasteiger partial charge in [-0.1, -0.05) is 19.1 Å². The average molecular weight is 324 g/mol. The van der Waals surface area contributed by atoms with Crippen molar-refractivity contribution >= 4 is 11.9 Å². The molecule has 0 unspecified atom stereocenters. The molecule has 1 aliphatic heterocycles. The molecule has 1 aliphatic rings. The monoisotopic (exact) mass is 324 g/mol. The summed E-state index contributed by atoms with van der Waals surface area (Å²) in [4.78, 5) is 22.3. The maximum Gasteiger partial charge on any atom is 0.325 e. The molecular weight excluding hydrogens is 304 g/mol. The van der Waals surface area contributed by atoms with Gasteiger partial charge in [0.15, 0.2) is 6.29 Å². The zero-order chi connectivity index (χ0) is 16.9. The van der Waals surface area contributed by atoms with Gasteiger partial charge in [0.05, 0.1) is 19.8 Å². The number of carbonyl (C=O) groups is 2. The third-order valence-corrected chi connectivity index (χ3v) is 3.65. The number of benzene rings is 1. The Bertz CT molecular complexity index is 528. The van der Waals surface area contributed by atoms with E-state index < -0.39 is 36.9 Å². The molecule has 1 heterocycles. The zero-order valence-corrected chi connectivity index (χ0v) is 12.9. The predicted molar refractivity (Wildman–Crippen MR) is 79.3 cm³/mol. The van der Waals surface area contributed by atoms with Crippen molar-refractivity contribution in [2.24, 2.45) is 5.41 Å². The molecule has 0 amide bonds. The highest BCUT2D eigenvalue weighted by atomic mass is 16.7. The van der Waals surface area contributed by atoms with Crippen LogP contribution >= 0.6 is 0 Å². The molecule has 0 saturated carbocycles. The van der Waals surface area contributed by atoms with E-state index in [1.165, 1.54) is 0 Å². The van der Waals surface area contributed by atoms with Crippen LogP contribution in [0.1, 0.15) is 18.9 Å². The molecular formula is C16H20O7. The fraction of sp³-hybridized carbons (Fsp3) is 0.500. The molecule has 7 nitrogen and oxygen atoms in total. The van der Waals surface area contributed by atoms with E-state index in [4.69, 9.17) is 24.4 Å². The van der Waals surface area contributed by atoms with Crippen LogP contribution in [0.3, 0.4) is 0 Å². The molecule has 1 saturated heterocycles. The molecule has 2 rings (SSSR count). The maximum atomic E-state index is 11.2. The summed E-state index contributed by atoms with van der Waals surface area (Å²) in [5, 5.41) is 18.2. The lowest BCUT2D eigenvalue weighted by molar-refractivity contribution is -0.235. The maximum absolute atomic E-state index is 11.2. The van der Waals surface area contributed by atoms with Crippen molar-refractivity contribution in [3.05, 3.63) is 29.8 Å². The van der Waals surface area contributed by atoms with Crippen LogP contribution in [0.5, 0.6) is 5.75 Å². The smallest absolute Gasteiger partial charge is 0.325 e. The topological polar surface area (TPSA) is 102 Å². The van der Waals surface area contributed by atoms with Crippen LogP contribution in [-0.2, 0) is 25.5 Å². The lowest BCUT2D eigenvalue weighted by Crippen LogP contribution is -2.52. The summed E-state index contributed by atoms with van der Waals surface area (Å²) in [6.45, 7) is 1.85. The minimum atomic E-state index is -2.03. The Hall–Kier alpha value is -2.12. The average Bonchev–Trinajstić information content (AvgIpc) is 2.54. The van der Waals surface area contributed by atoms with Crippen LogP contribution in [0.25, 0.3) is 0 Å². The van der Waals surface area contributed by atoms with E-state index in [-0.39, 0.29) is 0 Å². The Kier molecular flexibility index (Phi) is 5.57. The third-order valence-electron chi connectivity index (χ3n) is 3.65. The number of rotatable bonds is 7. The van der Waals surface area contributed by atoms with E-state index in [1.807, 2.05) is 31.2 Å². The Morgan fingerprint density at radius 2 is 1.74 bits per heavy atom. The Morgan fingerprint density at radius 1 is 1.17 bits per heavy atom. The second-order valence-electron chi connectivity index (χ2n) is 5.44. The molecule has 0 spiro atoms. The summed E-state index contributed by atoms with van der Waals surface area (Å²) >= 11 is 0. The highest BCUT2D eigenvalue weighted by molar-refractivity contribution is 5.98. The second-order valence-corrected chi connectivity index (χ2v) is 5.44. The highest BCUT2D eigenvalue weighted by Crippen LogP contribution is 2.27. The zero-order valence-electron chi connectivity index (χ0n) is 12.9. The summed E-state index contributed by atoms with van der Waals surface area (Å²) in [5.41, 5.74) is -1.11. The van der Waals surface area contributed by atoms with Crippen LogP contribution < -0.4 is 4.74 Å². The number of carboxylic acids is 2. The summed E-state index contributed by atoms with van der Waals surface area (Å²) < 4.78 is 16.1. The van der Waals surface area contributed by atoms with Crippen LogP contribution in [0.15, 0.2) is 24.3 Å². The van der Waals surface area contributed by atoms with Crippen molar-refractivity contribution < 1.29 is 34.0 Å². The number of carboxylic acid groups (broad SMARTS) is 2. The van der Waals surface area contributed by atoms with Gasteiger partial charge in [-0.25, -0.2) is 0 Å². The van der Waals surface area contributed by atoms with E-state index in [0.717, 1.165) is 17.7 Å². The van der Waals surface area contributed by atoms with Crippen molar-refractivity contribution in [3.8, 4) is 5.75 Å². The number of aliphatic carboxylic acids is 2. The number of hydrogen-bond donors (Lipinski definition) is 2. The molecule has 1 fully saturated rings. The Morgan fingerprint density at radius 3 is 2.22 bits per heavy atom. The number of hydrogen-bond acceptors (Lipinski definition) is 5. The summed E-state index contributed by atoms with van der Waals surface area (Å²) in [5.74, 6) is -2.14. The molecule has 23 heavy (non-hydrogen) atoms. The number of ether oxygens (including phenoxy) is 3. The van der Waals surface area contributed by atoms with Gasteiger partial charge in [0.25, 0.3) is 0 Å². The van der Waals surface area contributed by atoms with Crippen LogP contribution in [0.2, 0.25) is 0 Å². The van der Waals surface area contributed by atoms with E-state index in [2.05, 4.69) is 0 Å². The largest absolute Gasteiger partial charge is 0.494 e. The molecule has 126 valence electrons. The van der Waals surface area contributed by atoms with Crippen molar-refractivity contribution in [2.45, 2.75) is 26.1 Å². The molecule has 1 aromatic rings. The van der Waals surface area contributed by atoms with E-state index in [1.54, 1.807) is 0 Å². The summed E-state index contributed by atoms with van der Waals surface area (Å²) in [7, 11) is 0. The first-order valence-corrected chi connectivity index (χ1v) is 7.39. The standard InChI is InChI=1S/C16H20O7/c1-2-7-21-12-5-3-11(4-6-12)8-13-22-9-16(10-23-13,14(17)18)15(19)20/h3-6,13H,2,7-10H2,1H3,(H,17,18)(H,19,20).